The van der Waals surface area contributed by atoms with Crippen LogP contribution in [0, 0.1) is 0 Å². The number of amidine groups is 1. The monoisotopic (exact) mass is 292 g/mol. The van der Waals surface area contributed by atoms with Gasteiger partial charge in [0.05, 0.1) is 6.21 Å². The maximum atomic E-state index is 9.25. The number of nitrogens with zero attached hydrogens (tertiary/aromatic N) is 3. The lowest BCUT2D eigenvalue weighted by molar-refractivity contribution is 0.475. The Morgan fingerprint density at radius 3 is 2.64 bits per heavy atom. The molecule has 1 heterocycles. The molecule has 2 aromatic carbocycles. The Hall–Kier alpha value is -3.08. The number of phenolic OH excluding ortho intramolecular Hbond substituents is 1. The van der Waals surface area contributed by atoms with Gasteiger partial charge in [-0.05, 0) is 30.3 Å². The molecule has 0 amide bonds. The van der Waals surface area contributed by atoms with Crippen LogP contribution < -0.4 is 5.73 Å². The van der Waals surface area contributed by atoms with E-state index in [4.69, 9.17) is 5.73 Å². The van der Waals surface area contributed by atoms with E-state index in [-0.39, 0.29) is 5.75 Å². The predicted molar refractivity (Wildman–Crippen MR) is 89.3 cm³/mol. The number of phenols is 1. The van der Waals surface area contributed by atoms with Gasteiger partial charge in [-0.15, -0.1) is 5.10 Å². The average Bonchev–Trinajstić information content (AvgIpc) is 2.85. The van der Waals surface area contributed by atoms with Crippen molar-refractivity contribution in [3.63, 3.8) is 0 Å². The molecule has 0 bridgehead atoms. The van der Waals surface area contributed by atoms with Gasteiger partial charge in [-0.1, -0.05) is 18.2 Å². The van der Waals surface area contributed by atoms with Crippen LogP contribution in [0.1, 0.15) is 11.1 Å². The smallest absolute Gasteiger partial charge is 0.153 e. The van der Waals surface area contributed by atoms with Crippen LogP contribution in [0.3, 0.4) is 0 Å². The third-order valence-electron chi connectivity index (χ3n) is 3.45. The molecule has 5 nitrogen and oxygen atoms in total. The van der Waals surface area contributed by atoms with Crippen LogP contribution in [-0.4, -0.2) is 21.7 Å². The fourth-order valence-corrected chi connectivity index (χ4v) is 2.32. The molecule has 0 atom stereocenters. The lowest BCUT2D eigenvalue weighted by Crippen LogP contribution is -2.12. The van der Waals surface area contributed by atoms with Crippen molar-refractivity contribution in [3.05, 3.63) is 65.9 Å². The van der Waals surface area contributed by atoms with Crippen LogP contribution in [0.2, 0.25) is 0 Å². The number of aromatic nitrogens is 1. The van der Waals surface area contributed by atoms with Gasteiger partial charge in [0.1, 0.15) is 5.75 Å². The molecule has 110 valence electrons. The number of hydrogen-bond acceptors (Lipinski definition) is 3. The molecule has 0 aliphatic carbocycles. The molecular formula is C17H16N4O. The molecule has 0 saturated carbocycles. The highest BCUT2D eigenvalue weighted by Crippen LogP contribution is 2.18. The van der Waals surface area contributed by atoms with Gasteiger partial charge in [-0.3, -0.25) is 0 Å². The number of hydrogen-bond donors (Lipinski definition) is 2. The van der Waals surface area contributed by atoms with Crippen molar-refractivity contribution in [2.75, 3.05) is 0 Å². The molecule has 1 aromatic heterocycles. The first-order valence-corrected chi connectivity index (χ1v) is 6.85. The second-order valence-corrected chi connectivity index (χ2v) is 4.99. The Morgan fingerprint density at radius 1 is 1.14 bits per heavy atom. The van der Waals surface area contributed by atoms with Crippen molar-refractivity contribution < 1.29 is 5.11 Å². The molecule has 0 aliphatic heterocycles. The zero-order valence-corrected chi connectivity index (χ0v) is 12.1. The summed E-state index contributed by atoms with van der Waals surface area (Å²) in [6, 6.07) is 14.6. The second-order valence-electron chi connectivity index (χ2n) is 4.99. The number of para-hydroxylation sites is 1. The second kappa shape index (κ2) is 5.73. The fourth-order valence-electron chi connectivity index (χ4n) is 2.32. The summed E-state index contributed by atoms with van der Waals surface area (Å²) in [5.41, 5.74) is 8.72. The zero-order valence-electron chi connectivity index (χ0n) is 12.1. The lowest BCUT2D eigenvalue weighted by atomic mass is 10.2. The van der Waals surface area contributed by atoms with E-state index in [1.165, 1.54) is 0 Å². The summed E-state index contributed by atoms with van der Waals surface area (Å²) in [5.74, 6) is 0.493. The van der Waals surface area contributed by atoms with Crippen molar-refractivity contribution in [1.29, 1.82) is 0 Å². The van der Waals surface area contributed by atoms with Crippen LogP contribution in [0.4, 0.5) is 0 Å². The Kier molecular flexibility index (Phi) is 3.62. The van der Waals surface area contributed by atoms with Gasteiger partial charge in [0.25, 0.3) is 0 Å². The van der Waals surface area contributed by atoms with Gasteiger partial charge < -0.3 is 15.4 Å². The van der Waals surface area contributed by atoms with E-state index in [0.717, 1.165) is 16.5 Å². The summed E-state index contributed by atoms with van der Waals surface area (Å²) in [7, 11) is 1.99. The van der Waals surface area contributed by atoms with Gasteiger partial charge in [-0.2, -0.15) is 5.10 Å². The maximum Gasteiger partial charge on any atom is 0.153 e. The number of benzene rings is 2. The number of aryl methyl sites for hydroxylation is 1. The van der Waals surface area contributed by atoms with Crippen molar-refractivity contribution >= 4 is 23.0 Å². The van der Waals surface area contributed by atoms with E-state index in [1.54, 1.807) is 30.5 Å². The maximum absolute atomic E-state index is 9.25. The molecule has 3 N–H and O–H groups in total. The van der Waals surface area contributed by atoms with Gasteiger partial charge >= 0.3 is 0 Å². The molecule has 22 heavy (non-hydrogen) atoms. The van der Waals surface area contributed by atoms with Crippen LogP contribution in [0.5, 0.6) is 5.75 Å². The van der Waals surface area contributed by atoms with Crippen molar-refractivity contribution in [2.45, 2.75) is 0 Å². The van der Waals surface area contributed by atoms with E-state index in [0.29, 0.717) is 11.4 Å². The first-order valence-electron chi connectivity index (χ1n) is 6.85. The predicted octanol–water partition coefficient (Wildman–Crippen LogP) is 2.62. The standard InChI is InChI=1S/C17H16N4O/c1-21-11-13(15-4-2-3-5-16(15)21)10-19-20-17(18)12-6-8-14(22)9-7-12/h2-11,22H,1H3,(H2,18,20)/b19-10+. The Bertz CT molecular complexity index is 860. The molecule has 0 fully saturated rings. The summed E-state index contributed by atoms with van der Waals surface area (Å²) < 4.78 is 2.05. The largest absolute Gasteiger partial charge is 0.508 e. The van der Waals surface area contributed by atoms with E-state index >= 15 is 0 Å². The molecule has 0 aliphatic rings. The summed E-state index contributed by atoms with van der Waals surface area (Å²) in [5, 5.41) is 18.4. The first-order chi connectivity index (χ1) is 10.6. The molecule has 0 unspecified atom stereocenters. The Balaban J connectivity index is 1.87. The molecule has 3 rings (SSSR count). The van der Waals surface area contributed by atoms with Crippen LogP contribution in [0.25, 0.3) is 10.9 Å². The third-order valence-corrected chi connectivity index (χ3v) is 3.45. The van der Waals surface area contributed by atoms with Crippen LogP contribution >= 0.6 is 0 Å². The van der Waals surface area contributed by atoms with Crippen molar-refractivity contribution in [3.8, 4) is 5.75 Å². The molecular weight excluding hydrogens is 276 g/mol. The van der Waals surface area contributed by atoms with Gasteiger partial charge in [-0.25, -0.2) is 0 Å². The van der Waals surface area contributed by atoms with Gasteiger partial charge in [0, 0.05) is 35.3 Å². The van der Waals surface area contributed by atoms with E-state index in [9.17, 15) is 5.11 Å². The van der Waals surface area contributed by atoms with E-state index in [2.05, 4.69) is 16.3 Å². The minimum Gasteiger partial charge on any atom is -0.508 e. The molecule has 0 spiro atoms. The summed E-state index contributed by atoms with van der Waals surface area (Å²) in [4.78, 5) is 0. The molecule has 3 aromatic rings. The molecule has 0 radical (unpaired) electrons. The minimum absolute atomic E-state index is 0.191. The Labute approximate surface area is 128 Å². The highest BCUT2D eigenvalue weighted by molar-refractivity contribution is 6.00. The topological polar surface area (TPSA) is 75.9 Å². The quantitative estimate of drug-likeness (QED) is 0.442. The van der Waals surface area contributed by atoms with Gasteiger partial charge in [0.15, 0.2) is 5.84 Å². The van der Waals surface area contributed by atoms with Crippen LogP contribution in [0.15, 0.2) is 64.9 Å². The Morgan fingerprint density at radius 2 is 1.86 bits per heavy atom. The SMILES string of the molecule is Cn1cc(/C=N/N=C(/N)c2ccc(O)cc2)c2ccccc21. The molecule has 5 heteroatoms. The van der Waals surface area contributed by atoms with Crippen molar-refractivity contribution in [2.24, 2.45) is 23.0 Å². The summed E-state index contributed by atoms with van der Waals surface area (Å²) in [6.07, 6.45) is 3.69. The number of fused-ring (bicyclic) bond motifs is 1. The zero-order chi connectivity index (χ0) is 15.5. The van der Waals surface area contributed by atoms with E-state index < -0.39 is 0 Å². The number of aromatic hydroxyl groups is 1. The van der Waals surface area contributed by atoms with Crippen LogP contribution in [-0.2, 0) is 7.05 Å². The van der Waals surface area contributed by atoms with Gasteiger partial charge in [0.2, 0.25) is 0 Å². The van der Waals surface area contributed by atoms with Crippen molar-refractivity contribution in [1.82, 2.24) is 4.57 Å². The lowest BCUT2D eigenvalue weighted by Gasteiger charge is -1.98. The summed E-state index contributed by atoms with van der Waals surface area (Å²) in [6.45, 7) is 0. The highest BCUT2D eigenvalue weighted by Gasteiger charge is 2.03. The third kappa shape index (κ3) is 2.69. The summed E-state index contributed by atoms with van der Waals surface area (Å²) >= 11 is 0. The number of rotatable bonds is 3. The first kappa shape index (κ1) is 13.9. The average molecular weight is 292 g/mol. The highest BCUT2D eigenvalue weighted by atomic mass is 16.3. The fraction of sp³-hybridized carbons (Fsp3) is 0.0588. The number of nitrogens with two attached hydrogens (primary N) is 1. The minimum atomic E-state index is 0.191. The van der Waals surface area contributed by atoms with E-state index in [1.807, 2.05) is 36.0 Å². The molecule has 0 saturated heterocycles. The normalized spacial score (nSPS) is 12.3.